The molecule has 1 aliphatic heterocycles. The minimum atomic E-state index is -3.06. The molecule has 3 heterocycles. The van der Waals surface area contributed by atoms with E-state index >= 15 is 0 Å². The number of anilines is 1. The van der Waals surface area contributed by atoms with Crippen molar-refractivity contribution in [2.45, 2.75) is 38.4 Å². The van der Waals surface area contributed by atoms with Crippen LogP contribution >= 0.6 is 11.8 Å². The van der Waals surface area contributed by atoms with Crippen LogP contribution in [0.3, 0.4) is 0 Å². The second kappa shape index (κ2) is 8.42. The number of rotatable bonds is 6. The van der Waals surface area contributed by atoms with E-state index in [1.165, 1.54) is 11.8 Å². The van der Waals surface area contributed by atoms with Gasteiger partial charge in [-0.2, -0.15) is 9.78 Å². The number of aryl methyl sites for hydroxylation is 3. The maximum Gasteiger partial charge on any atom is 0.235 e. The first kappa shape index (κ1) is 21.5. The van der Waals surface area contributed by atoms with Crippen LogP contribution in [0.15, 0.2) is 29.4 Å². The van der Waals surface area contributed by atoms with E-state index in [4.69, 9.17) is 0 Å². The fraction of sp³-hybridized carbons (Fsp3) is 0.421. The topological polar surface area (TPSA) is 125 Å². The summed E-state index contributed by atoms with van der Waals surface area (Å²) in [6.45, 7) is 5.78. The van der Waals surface area contributed by atoms with Crippen LogP contribution in [0.1, 0.15) is 29.3 Å². The summed E-state index contributed by atoms with van der Waals surface area (Å²) in [7, 11) is -3.06. The van der Waals surface area contributed by atoms with Crippen molar-refractivity contribution in [1.29, 1.82) is 0 Å². The first-order valence-electron chi connectivity index (χ1n) is 9.78. The van der Waals surface area contributed by atoms with E-state index in [1.807, 2.05) is 39.0 Å². The number of thioether (sulfide) groups is 1. The zero-order valence-electron chi connectivity index (χ0n) is 17.4. The molecule has 1 amide bonds. The maximum atomic E-state index is 12.6. The van der Waals surface area contributed by atoms with E-state index in [1.54, 1.807) is 15.4 Å². The van der Waals surface area contributed by atoms with Crippen molar-refractivity contribution in [2.75, 3.05) is 22.6 Å². The molecule has 1 N–H and O–H groups in total. The Bertz CT molecular complexity index is 1210. The summed E-state index contributed by atoms with van der Waals surface area (Å²) < 4.78 is 26.9. The predicted molar refractivity (Wildman–Crippen MR) is 117 cm³/mol. The minimum Gasteiger partial charge on any atom is -0.310 e. The fourth-order valence-corrected chi connectivity index (χ4v) is 6.08. The summed E-state index contributed by atoms with van der Waals surface area (Å²) in [4.78, 5) is 12.6. The molecular formula is C19H23N7O3S2. The first-order valence-corrected chi connectivity index (χ1v) is 12.6. The molecule has 1 fully saturated rings. The van der Waals surface area contributed by atoms with E-state index < -0.39 is 9.84 Å². The number of amides is 1. The summed E-state index contributed by atoms with van der Waals surface area (Å²) >= 11 is 1.23. The second-order valence-corrected chi connectivity index (χ2v) is 10.8. The monoisotopic (exact) mass is 461 g/mol. The van der Waals surface area contributed by atoms with Gasteiger partial charge in [-0.05, 0) is 48.7 Å². The lowest BCUT2D eigenvalue weighted by molar-refractivity contribution is -0.113. The molecule has 0 spiro atoms. The van der Waals surface area contributed by atoms with Gasteiger partial charge in [0, 0.05) is 6.07 Å². The first-order chi connectivity index (χ1) is 14.7. The molecule has 12 heteroatoms. The number of nitrogens with zero attached hydrogens (tertiary/aromatic N) is 6. The lowest BCUT2D eigenvalue weighted by atomic mass is 10.1. The molecule has 0 bridgehead atoms. The Hall–Kier alpha value is -2.73. The molecule has 164 valence electrons. The molecule has 0 radical (unpaired) electrons. The van der Waals surface area contributed by atoms with Gasteiger partial charge in [0.1, 0.15) is 5.82 Å². The van der Waals surface area contributed by atoms with Gasteiger partial charge in [0.2, 0.25) is 11.1 Å². The number of para-hydroxylation sites is 1. The molecule has 1 aromatic carbocycles. The van der Waals surface area contributed by atoms with Gasteiger partial charge in [0.15, 0.2) is 9.84 Å². The molecule has 10 nitrogen and oxygen atoms in total. The van der Waals surface area contributed by atoms with Gasteiger partial charge in [-0.3, -0.25) is 4.79 Å². The predicted octanol–water partition coefficient (Wildman–Crippen LogP) is 1.87. The summed E-state index contributed by atoms with van der Waals surface area (Å²) in [5.41, 5.74) is 3.67. The van der Waals surface area contributed by atoms with E-state index in [2.05, 4.69) is 25.9 Å². The number of tetrazole rings is 1. The molecule has 31 heavy (non-hydrogen) atoms. The quantitative estimate of drug-likeness (QED) is 0.552. The van der Waals surface area contributed by atoms with E-state index in [0.29, 0.717) is 23.1 Å². The number of sulfone groups is 1. The third kappa shape index (κ3) is 4.64. The third-order valence-electron chi connectivity index (χ3n) is 5.10. The molecule has 0 unspecified atom stereocenters. The normalized spacial score (nSPS) is 17.7. The minimum absolute atomic E-state index is 0.0380. The Morgan fingerprint density at radius 3 is 2.68 bits per heavy atom. The Kier molecular flexibility index (Phi) is 5.84. The highest BCUT2D eigenvalue weighted by Gasteiger charge is 2.31. The van der Waals surface area contributed by atoms with Crippen LogP contribution in [0.5, 0.6) is 0 Å². The summed E-state index contributed by atoms with van der Waals surface area (Å²) in [6, 6.07) is 7.42. The van der Waals surface area contributed by atoms with E-state index in [0.717, 1.165) is 16.8 Å². The highest BCUT2D eigenvalue weighted by atomic mass is 32.2. The SMILES string of the molecule is Cc1cc(NC(=O)CSc2nnnn2-c2c(C)cccc2C)n([C@@H]2CCS(=O)(=O)C2)n1. The molecule has 2 aromatic heterocycles. The zero-order chi connectivity index (χ0) is 22.2. The largest absolute Gasteiger partial charge is 0.310 e. The van der Waals surface area contributed by atoms with Gasteiger partial charge in [0.25, 0.3) is 0 Å². The Morgan fingerprint density at radius 1 is 1.26 bits per heavy atom. The van der Waals surface area contributed by atoms with Crippen molar-refractivity contribution in [3.05, 3.63) is 41.1 Å². The maximum absolute atomic E-state index is 12.6. The van der Waals surface area contributed by atoms with Gasteiger partial charge in [-0.1, -0.05) is 30.0 Å². The lowest BCUT2D eigenvalue weighted by Gasteiger charge is -2.14. The second-order valence-electron chi connectivity index (χ2n) is 7.62. The highest BCUT2D eigenvalue weighted by molar-refractivity contribution is 7.99. The molecule has 1 atom stereocenters. The van der Waals surface area contributed by atoms with Gasteiger partial charge in [0.05, 0.1) is 34.7 Å². The molecule has 1 aliphatic rings. The molecule has 3 aromatic rings. The average molecular weight is 462 g/mol. The van der Waals surface area contributed by atoms with Crippen molar-refractivity contribution in [3.63, 3.8) is 0 Å². The molecular weight excluding hydrogens is 438 g/mol. The van der Waals surface area contributed by atoms with Crippen LogP contribution in [0.2, 0.25) is 0 Å². The number of benzene rings is 1. The van der Waals surface area contributed by atoms with Crippen molar-refractivity contribution in [1.82, 2.24) is 30.0 Å². The van der Waals surface area contributed by atoms with Crippen molar-refractivity contribution in [3.8, 4) is 5.69 Å². The number of carbonyl (C=O) groups excluding carboxylic acids is 1. The van der Waals surface area contributed by atoms with Gasteiger partial charge in [-0.25, -0.2) is 13.1 Å². The smallest absolute Gasteiger partial charge is 0.235 e. The molecule has 0 aliphatic carbocycles. The Morgan fingerprint density at radius 2 is 2.00 bits per heavy atom. The third-order valence-corrected chi connectivity index (χ3v) is 7.77. The number of hydrogen-bond acceptors (Lipinski definition) is 8. The summed E-state index contributed by atoms with van der Waals surface area (Å²) in [5, 5.41) is 19.7. The van der Waals surface area contributed by atoms with Crippen LogP contribution in [-0.4, -0.2) is 61.6 Å². The van der Waals surface area contributed by atoms with Crippen LogP contribution in [0.25, 0.3) is 5.69 Å². The number of carbonyl (C=O) groups is 1. The average Bonchev–Trinajstić information content (AvgIpc) is 3.39. The summed E-state index contributed by atoms with van der Waals surface area (Å²) in [6.07, 6.45) is 0.492. The summed E-state index contributed by atoms with van der Waals surface area (Å²) in [5.74, 6) is 0.526. The van der Waals surface area contributed by atoms with Gasteiger partial charge < -0.3 is 5.32 Å². The van der Waals surface area contributed by atoms with Gasteiger partial charge in [-0.15, -0.1) is 5.10 Å². The van der Waals surface area contributed by atoms with Crippen molar-refractivity contribution in [2.24, 2.45) is 0 Å². The van der Waals surface area contributed by atoms with Crippen LogP contribution < -0.4 is 5.32 Å². The Labute approximate surface area is 184 Å². The van der Waals surface area contributed by atoms with Crippen LogP contribution in [-0.2, 0) is 14.6 Å². The van der Waals surface area contributed by atoms with E-state index in [9.17, 15) is 13.2 Å². The molecule has 4 rings (SSSR count). The van der Waals surface area contributed by atoms with Crippen molar-refractivity contribution < 1.29 is 13.2 Å². The molecule has 0 saturated carbocycles. The van der Waals surface area contributed by atoms with Crippen LogP contribution in [0.4, 0.5) is 5.82 Å². The van der Waals surface area contributed by atoms with Gasteiger partial charge >= 0.3 is 0 Å². The fourth-order valence-electron chi connectivity index (χ4n) is 3.71. The van der Waals surface area contributed by atoms with E-state index in [-0.39, 0.29) is 29.2 Å². The standard InChI is InChI=1S/C19H23N7O3S2/c1-12-5-4-6-13(2)18(12)26-19(21-23-24-26)30-10-17(27)20-16-9-14(3)22-25(16)15-7-8-31(28,29)11-15/h4-6,9,15H,7-8,10-11H2,1-3H3,(H,20,27)/t15-/m1/s1. The van der Waals surface area contributed by atoms with Crippen LogP contribution in [0, 0.1) is 20.8 Å². The molecule has 1 saturated heterocycles. The highest BCUT2D eigenvalue weighted by Crippen LogP contribution is 2.28. The lowest BCUT2D eigenvalue weighted by Crippen LogP contribution is -2.21. The number of hydrogen-bond donors (Lipinski definition) is 1. The zero-order valence-corrected chi connectivity index (χ0v) is 19.1. The Balaban J connectivity index is 1.46. The number of nitrogens with one attached hydrogen (secondary N) is 1. The van der Waals surface area contributed by atoms with Crippen molar-refractivity contribution >= 4 is 33.3 Å². The number of aromatic nitrogens is 6.